The Hall–Kier alpha value is -1.40. The second-order valence-electron chi connectivity index (χ2n) is 7.64. The average molecular weight is 322 g/mol. The highest BCUT2D eigenvalue weighted by molar-refractivity contribution is 5.91. The Bertz CT molecular complexity index is 600. The van der Waals surface area contributed by atoms with Gasteiger partial charge in [0, 0.05) is 23.8 Å². The van der Waals surface area contributed by atoms with Gasteiger partial charge in [-0.05, 0) is 12.3 Å². The summed E-state index contributed by atoms with van der Waals surface area (Å²) in [5.41, 5.74) is -0.335. The number of rotatable bonds is 1. The van der Waals surface area contributed by atoms with E-state index in [0.29, 0.717) is 12.0 Å². The molecule has 0 unspecified atom stereocenters. The molecule has 9 atom stereocenters. The van der Waals surface area contributed by atoms with Gasteiger partial charge in [-0.3, -0.25) is 4.79 Å². The number of esters is 2. The lowest BCUT2D eigenvalue weighted by Crippen LogP contribution is -2.53. The van der Waals surface area contributed by atoms with Gasteiger partial charge in [-0.1, -0.05) is 20.4 Å². The molecular formula is C17H22O6. The highest BCUT2D eigenvalue weighted by Gasteiger charge is 2.74. The first-order chi connectivity index (χ1) is 10.8. The first-order valence-corrected chi connectivity index (χ1v) is 8.17. The number of fused-ring (bicyclic) bond motifs is 4. The van der Waals surface area contributed by atoms with Gasteiger partial charge in [0.25, 0.3) is 0 Å². The largest absolute Gasteiger partial charge is 0.461 e. The van der Waals surface area contributed by atoms with Gasteiger partial charge in [0.15, 0.2) is 0 Å². The summed E-state index contributed by atoms with van der Waals surface area (Å²) in [5, 5.41) is 10.8. The maximum atomic E-state index is 12.0. The van der Waals surface area contributed by atoms with E-state index < -0.39 is 35.5 Å². The predicted molar refractivity (Wildman–Crippen MR) is 78.1 cm³/mol. The van der Waals surface area contributed by atoms with Crippen LogP contribution in [-0.4, -0.2) is 47.6 Å². The van der Waals surface area contributed by atoms with Crippen LogP contribution in [0.4, 0.5) is 0 Å². The minimum atomic E-state index is -0.730. The lowest BCUT2D eigenvalue weighted by atomic mass is 9.66. The summed E-state index contributed by atoms with van der Waals surface area (Å²) in [5.74, 6) is -1.02. The third-order valence-corrected chi connectivity index (χ3v) is 6.35. The summed E-state index contributed by atoms with van der Waals surface area (Å²) in [7, 11) is 0. The number of aliphatic hydroxyl groups excluding tert-OH is 1. The molecule has 1 N–H and O–H groups in total. The molecule has 23 heavy (non-hydrogen) atoms. The van der Waals surface area contributed by atoms with Gasteiger partial charge >= 0.3 is 11.9 Å². The molecule has 0 amide bonds. The lowest BCUT2D eigenvalue weighted by Gasteiger charge is -2.44. The van der Waals surface area contributed by atoms with Crippen molar-refractivity contribution in [3.05, 3.63) is 12.2 Å². The van der Waals surface area contributed by atoms with E-state index in [1.807, 2.05) is 6.92 Å². The number of carbonyl (C=O) groups is 2. The molecule has 2 saturated heterocycles. The number of hydrogen-bond donors (Lipinski definition) is 1. The molecule has 6 heteroatoms. The van der Waals surface area contributed by atoms with E-state index in [-0.39, 0.29) is 30.1 Å². The minimum Gasteiger partial charge on any atom is -0.461 e. The maximum Gasteiger partial charge on any atom is 0.334 e. The van der Waals surface area contributed by atoms with E-state index >= 15 is 0 Å². The fourth-order valence-electron chi connectivity index (χ4n) is 5.38. The van der Waals surface area contributed by atoms with E-state index in [2.05, 4.69) is 13.5 Å². The van der Waals surface area contributed by atoms with Crippen LogP contribution < -0.4 is 0 Å². The van der Waals surface area contributed by atoms with Gasteiger partial charge in [0.1, 0.15) is 18.3 Å². The first-order valence-electron chi connectivity index (χ1n) is 8.17. The van der Waals surface area contributed by atoms with Crippen LogP contribution in [0.25, 0.3) is 0 Å². The summed E-state index contributed by atoms with van der Waals surface area (Å²) in [6.45, 7) is 9.24. The quantitative estimate of drug-likeness (QED) is 0.437. The number of hydrogen-bond acceptors (Lipinski definition) is 6. The third kappa shape index (κ3) is 1.82. The summed E-state index contributed by atoms with van der Waals surface area (Å²) in [6.07, 6.45) is -1.27. The van der Waals surface area contributed by atoms with Gasteiger partial charge in [0.2, 0.25) is 0 Å². The third-order valence-electron chi connectivity index (χ3n) is 6.35. The Morgan fingerprint density at radius 2 is 2.13 bits per heavy atom. The Labute approximate surface area is 134 Å². The maximum absolute atomic E-state index is 12.0. The predicted octanol–water partition coefficient (Wildman–Crippen LogP) is 0.820. The van der Waals surface area contributed by atoms with Crippen LogP contribution in [0, 0.1) is 23.2 Å². The van der Waals surface area contributed by atoms with Crippen molar-refractivity contribution >= 4 is 11.9 Å². The summed E-state index contributed by atoms with van der Waals surface area (Å²) in [4.78, 5) is 23.7. The average Bonchev–Trinajstić information content (AvgIpc) is 3.14. The van der Waals surface area contributed by atoms with Crippen LogP contribution in [0.15, 0.2) is 12.2 Å². The van der Waals surface area contributed by atoms with Gasteiger partial charge in [-0.2, -0.15) is 0 Å². The second-order valence-corrected chi connectivity index (χ2v) is 7.64. The molecule has 0 bridgehead atoms. The molecule has 2 aliphatic heterocycles. The number of carbonyl (C=O) groups excluding carboxylic acids is 2. The standard InChI is InChI=1S/C17H22O6/c1-6-5-9-10(7(2)16(20)22-9)15(21-8(3)18)17(4)11(6)12-13(23-12)14(17)19/h6,9-15,19H,2,5H2,1,3-4H3/t6-,9-,10-,11-,12-,13-,14+,15-,17+/m1/s1. The normalized spacial score (nSPS) is 53.7. The van der Waals surface area contributed by atoms with Crippen LogP contribution in [0.2, 0.25) is 0 Å². The molecule has 4 aliphatic rings. The monoisotopic (exact) mass is 322 g/mol. The summed E-state index contributed by atoms with van der Waals surface area (Å²) in [6, 6.07) is 0. The van der Waals surface area contributed by atoms with E-state index in [1.54, 1.807) is 0 Å². The molecule has 6 nitrogen and oxygen atoms in total. The van der Waals surface area contributed by atoms with E-state index in [9.17, 15) is 14.7 Å². The zero-order valence-electron chi connectivity index (χ0n) is 13.5. The Morgan fingerprint density at radius 1 is 1.43 bits per heavy atom. The van der Waals surface area contributed by atoms with Crippen molar-refractivity contribution in [2.75, 3.05) is 0 Å². The smallest absolute Gasteiger partial charge is 0.334 e. The number of epoxide rings is 1. The van der Waals surface area contributed by atoms with Crippen molar-refractivity contribution in [1.29, 1.82) is 0 Å². The molecule has 2 saturated carbocycles. The topological polar surface area (TPSA) is 85.4 Å². The second kappa shape index (κ2) is 4.57. The van der Waals surface area contributed by atoms with Crippen LogP contribution in [0.1, 0.15) is 27.2 Å². The van der Waals surface area contributed by atoms with Crippen molar-refractivity contribution in [3.8, 4) is 0 Å². The van der Waals surface area contributed by atoms with E-state index in [4.69, 9.17) is 14.2 Å². The zero-order valence-corrected chi connectivity index (χ0v) is 13.5. The molecular weight excluding hydrogens is 300 g/mol. The first kappa shape index (κ1) is 15.1. The number of aliphatic hydroxyl groups is 1. The molecule has 0 aromatic rings. The Balaban J connectivity index is 1.82. The molecule has 0 aromatic carbocycles. The lowest BCUT2D eigenvalue weighted by molar-refractivity contribution is -0.174. The zero-order chi connectivity index (χ0) is 16.7. The van der Waals surface area contributed by atoms with Gasteiger partial charge in [0.05, 0.1) is 18.1 Å². The van der Waals surface area contributed by atoms with Crippen molar-refractivity contribution < 1.29 is 28.9 Å². The minimum absolute atomic E-state index is 0.00847. The molecule has 2 aliphatic carbocycles. The van der Waals surface area contributed by atoms with Crippen molar-refractivity contribution in [2.24, 2.45) is 23.2 Å². The number of ether oxygens (including phenoxy) is 3. The summed E-state index contributed by atoms with van der Waals surface area (Å²) >= 11 is 0. The van der Waals surface area contributed by atoms with Gasteiger partial charge in [-0.25, -0.2) is 4.79 Å². The Morgan fingerprint density at radius 3 is 2.78 bits per heavy atom. The fourth-order valence-corrected chi connectivity index (χ4v) is 5.38. The van der Waals surface area contributed by atoms with Crippen molar-refractivity contribution in [2.45, 2.75) is 57.7 Å². The molecule has 0 aromatic heterocycles. The van der Waals surface area contributed by atoms with E-state index in [1.165, 1.54) is 6.92 Å². The van der Waals surface area contributed by atoms with Crippen LogP contribution in [0.5, 0.6) is 0 Å². The Kier molecular flexibility index (Phi) is 3.01. The molecule has 126 valence electrons. The highest BCUT2D eigenvalue weighted by atomic mass is 16.6. The van der Waals surface area contributed by atoms with Gasteiger partial charge < -0.3 is 19.3 Å². The van der Waals surface area contributed by atoms with Crippen LogP contribution in [0.3, 0.4) is 0 Å². The highest BCUT2D eigenvalue weighted by Crippen LogP contribution is 2.63. The molecule has 4 rings (SSSR count). The van der Waals surface area contributed by atoms with Crippen molar-refractivity contribution in [1.82, 2.24) is 0 Å². The molecule has 0 radical (unpaired) electrons. The molecule has 2 heterocycles. The van der Waals surface area contributed by atoms with Crippen molar-refractivity contribution in [3.63, 3.8) is 0 Å². The fraction of sp³-hybridized carbons (Fsp3) is 0.765. The molecule has 0 spiro atoms. The van der Waals surface area contributed by atoms with E-state index in [0.717, 1.165) is 0 Å². The van der Waals surface area contributed by atoms with Crippen LogP contribution >= 0.6 is 0 Å². The molecule has 4 fully saturated rings. The summed E-state index contributed by atoms with van der Waals surface area (Å²) < 4.78 is 16.8. The van der Waals surface area contributed by atoms with Crippen LogP contribution in [-0.2, 0) is 23.8 Å². The SMILES string of the molecule is C=C1C(=O)O[C@@H]2C[C@@H](C)[C@@H]3[C@H]4O[C@H]4[C@H](O)[C@@]3(C)[C@H](OC(C)=O)[C@H]12. The van der Waals surface area contributed by atoms with Gasteiger partial charge in [-0.15, -0.1) is 0 Å².